The van der Waals surface area contributed by atoms with Gasteiger partial charge in [0.05, 0.1) is 23.5 Å². The predicted octanol–water partition coefficient (Wildman–Crippen LogP) is 6.97. The minimum atomic E-state index is -4.50. The molecule has 2 atom stereocenters. The molecule has 42 heavy (non-hydrogen) atoms. The molecule has 0 saturated heterocycles. The maximum absolute atomic E-state index is 13.4. The molecule has 4 aromatic carbocycles. The number of amidine groups is 1. The third-order valence-electron chi connectivity index (χ3n) is 7.26. The number of carbonyl (C=O) groups excluding carboxylic acids is 1. The molecule has 0 aromatic heterocycles. The van der Waals surface area contributed by atoms with Gasteiger partial charge in [0.25, 0.3) is 5.91 Å². The Kier molecular flexibility index (Phi) is 8.40. The molecule has 216 valence electrons. The quantitative estimate of drug-likeness (QED) is 0.127. The van der Waals surface area contributed by atoms with E-state index in [1.807, 2.05) is 25.1 Å². The molecule has 0 aliphatic heterocycles. The molecular formula is C33H29F4N3O2. The maximum atomic E-state index is 13.4. The van der Waals surface area contributed by atoms with Crippen molar-refractivity contribution in [3.8, 4) is 11.1 Å². The number of anilines is 1. The molecule has 5 nitrogen and oxygen atoms in total. The average Bonchev–Trinajstić information content (AvgIpc) is 3.27. The molecule has 1 amide bonds. The Morgan fingerprint density at radius 1 is 0.976 bits per heavy atom. The van der Waals surface area contributed by atoms with Crippen molar-refractivity contribution >= 4 is 17.4 Å². The summed E-state index contributed by atoms with van der Waals surface area (Å²) in [6.45, 7) is 2.36. The van der Waals surface area contributed by atoms with Gasteiger partial charge in [-0.3, -0.25) is 9.79 Å². The van der Waals surface area contributed by atoms with E-state index >= 15 is 0 Å². The number of aliphatic hydroxyl groups excluding tert-OH is 1. The summed E-state index contributed by atoms with van der Waals surface area (Å²) in [7, 11) is 0. The molecule has 1 aliphatic rings. The number of carbonyl (C=O) groups is 1. The molecule has 0 saturated carbocycles. The number of nitrogens with one attached hydrogen (secondary N) is 2. The van der Waals surface area contributed by atoms with E-state index in [-0.39, 0.29) is 16.9 Å². The molecule has 4 aromatic rings. The first-order chi connectivity index (χ1) is 20.1. The van der Waals surface area contributed by atoms with Crippen molar-refractivity contribution in [3.63, 3.8) is 0 Å². The fourth-order valence-electron chi connectivity index (χ4n) is 5.13. The maximum Gasteiger partial charge on any atom is 0.417 e. The second-order valence-electron chi connectivity index (χ2n) is 10.2. The highest BCUT2D eigenvalue weighted by molar-refractivity contribution is 5.95. The van der Waals surface area contributed by atoms with Crippen molar-refractivity contribution in [3.05, 3.63) is 125 Å². The van der Waals surface area contributed by atoms with Crippen LogP contribution in [0.25, 0.3) is 11.1 Å². The van der Waals surface area contributed by atoms with Crippen LogP contribution in [0.4, 0.5) is 23.2 Å². The van der Waals surface area contributed by atoms with E-state index in [2.05, 4.69) is 15.6 Å². The standard InChI is InChI=1S/C33H29F4N3O2/c1-20(38-17-16-21-6-13-25(34)14-7-21)39-26-15-12-24-18-30(41)31(28(24)19-26)40-32(42)23-10-8-22(9-11-23)27-4-2-3-5-29(27)33(35,36)37/h2-15,19,30-31,41H,16-18H2,1H3,(H,38,39)(H,40,42)/t30-,31-/m1/s1. The second-order valence-corrected chi connectivity index (χ2v) is 10.2. The van der Waals surface area contributed by atoms with Gasteiger partial charge < -0.3 is 15.7 Å². The Morgan fingerprint density at radius 2 is 1.69 bits per heavy atom. The normalized spacial score (nSPS) is 16.7. The number of rotatable bonds is 7. The zero-order valence-electron chi connectivity index (χ0n) is 22.8. The summed E-state index contributed by atoms with van der Waals surface area (Å²) in [5.41, 5.74) is 3.31. The van der Waals surface area contributed by atoms with Gasteiger partial charge in [-0.15, -0.1) is 0 Å². The summed E-state index contributed by atoms with van der Waals surface area (Å²) in [4.78, 5) is 17.6. The smallest absolute Gasteiger partial charge is 0.390 e. The highest BCUT2D eigenvalue weighted by Crippen LogP contribution is 2.37. The van der Waals surface area contributed by atoms with Crippen molar-refractivity contribution in [2.45, 2.75) is 38.1 Å². The van der Waals surface area contributed by atoms with Crippen LogP contribution in [0, 0.1) is 5.82 Å². The van der Waals surface area contributed by atoms with E-state index in [1.165, 1.54) is 54.6 Å². The van der Waals surface area contributed by atoms with E-state index in [9.17, 15) is 27.5 Å². The zero-order valence-corrected chi connectivity index (χ0v) is 22.8. The minimum Gasteiger partial charge on any atom is -0.390 e. The Morgan fingerprint density at radius 3 is 2.40 bits per heavy atom. The van der Waals surface area contributed by atoms with Gasteiger partial charge in [-0.25, -0.2) is 4.39 Å². The molecule has 0 radical (unpaired) electrons. The highest BCUT2D eigenvalue weighted by atomic mass is 19.4. The van der Waals surface area contributed by atoms with E-state index in [1.54, 1.807) is 12.1 Å². The largest absolute Gasteiger partial charge is 0.417 e. The van der Waals surface area contributed by atoms with Crippen LogP contribution in [0.3, 0.4) is 0 Å². The average molecular weight is 576 g/mol. The van der Waals surface area contributed by atoms with Gasteiger partial charge in [-0.05, 0) is 83.6 Å². The lowest BCUT2D eigenvalue weighted by Gasteiger charge is -2.19. The van der Waals surface area contributed by atoms with Crippen LogP contribution in [-0.4, -0.2) is 29.5 Å². The molecule has 0 fully saturated rings. The van der Waals surface area contributed by atoms with E-state index in [0.29, 0.717) is 30.8 Å². The molecule has 3 N–H and O–H groups in total. The summed E-state index contributed by atoms with van der Waals surface area (Å²) in [6, 6.07) is 22.5. The van der Waals surface area contributed by atoms with Crippen LogP contribution in [-0.2, 0) is 19.0 Å². The van der Waals surface area contributed by atoms with Crippen LogP contribution in [0.1, 0.15) is 45.6 Å². The van der Waals surface area contributed by atoms with Crippen LogP contribution in [0.5, 0.6) is 0 Å². The van der Waals surface area contributed by atoms with E-state index < -0.39 is 29.8 Å². The number of benzene rings is 4. The molecular weight excluding hydrogens is 546 g/mol. The summed E-state index contributed by atoms with van der Waals surface area (Å²) >= 11 is 0. The molecule has 1 aliphatic carbocycles. The Hall–Kier alpha value is -4.50. The SMILES string of the molecule is CC(=NCCc1ccc(F)cc1)Nc1ccc2c(c1)[C@@H](NC(=O)c1ccc(-c3ccccc3C(F)(F)F)cc1)[C@H](O)C2. The number of hydrogen-bond donors (Lipinski definition) is 3. The first kappa shape index (κ1) is 29.0. The summed E-state index contributed by atoms with van der Waals surface area (Å²) in [6.07, 6.45) is -4.29. The van der Waals surface area contributed by atoms with Gasteiger partial charge in [-0.2, -0.15) is 13.2 Å². The topological polar surface area (TPSA) is 73.7 Å². The van der Waals surface area contributed by atoms with Gasteiger partial charge in [-0.1, -0.05) is 48.5 Å². The molecule has 0 heterocycles. The molecule has 5 rings (SSSR count). The van der Waals surface area contributed by atoms with Crippen molar-refractivity contribution in [1.82, 2.24) is 5.32 Å². The number of aliphatic hydroxyl groups is 1. The fourth-order valence-corrected chi connectivity index (χ4v) is 5.13. The lowest BCUT2D eigenvalue weighted by molar-refractivity contribution is -0.137. The van der Waals surface area contributed by atoms with Gasteiger partial charge in [0.15, 0.2) is 0 Å². The molecule has 0 spiro atoms. The summed E-state index contributed by atoms with van der Waals surface area (Å²) < 4.78 is 53.4. The lowest BCUT2D eigenvalue weighted by atomic mass is 9.98. The van der Waals surface area contributed by atoms with Crippen LogP contribution in [0.2, 0.25) is 0 Å². The Balaban J connectivity index is 1.25. The fraction of sp³-hybridized carbons (Fsp3) is 0.212. The monoisotopic (exact) mass is 575 g/mol. The summed E-state index contributed by atoms with van der Waals surface area (Å²) in [5, 5.41) is 16.9. The van der Waals surface area contributed by atoms with E-state index in [4.69, 9.17) is 0 Å². The van der Waals surface area contributed by atoms with Crippen molar-refractivity contribution < 1.29 is 27.5 Å². The van der Waals surface area contributed by atoms with Gasteiger partial charge in [0.2, 0.25) is 0 Å². The van der Waals surface area contributed by atoms with Gasteiger partial charge in [0, 0.05) is 24.2 Å². The highest BCUT2D eigenvalue weighted by Gasteiger charge is 2.34. The first-order valence-electron chi connectivity index (χ1n) is 13.5. The van der Waals surface area contributed by atoms with Gasteiger partial charge in [0.1, 0.15) is 5.82 Å². The van der Waals surface area contributed by atoms with Crippen LogP contribution < -0.4 is 10.6 Å². The second kappa shape index (κ2) is 12.2. The van der Waals surface area contributed by atoms with Crippen LogP contribution in [0.15, 0.2) is 96.0 Å². The number of nitrogens with zero attached hydrogens (tertiary/aromatic N) is 1. The lowest BCUT2D eigenvalue weighted by Crippen LogP contribution is -2.33. The minimum absolute atomic E-state index is 0.0337. The Bertz CT molecular complexity index is 1600. The zero-order chi connectivity index (χ0) is 29.9. The number of halogens is 4. The molecule has 0 unspecified atom stereocenters. The van der Waals surface area contributed by atoms with Crippen molar-refractivity contribution in [2.24, 2.45) is 4.99 Å². The number of fused-ring (bicyclic) bond motifs is 1. The number of hydrogen-bond acceptors (Lipinski definition) is 3. The van der Waals surface area contributed by atoms with Gasteiger partial charge >= 0.3 is 6.18 Å². The van der Waals surface area contributed by atoms with E-state index in [0.717, 1.165) is 28.4 Å². The molecule has 0 bridgehead atoms. The third-order valence-corrected chi connectivity index (χ3v) is 7.26. The van der Waals surface area contributed by atoms with Crippen LogP contribution >= 0.6 is 0 Å². The number of amides is 1. The number of aliphatic imine (C=N–C) groups is 1. The first-order valence-corrected chi connectivity index (χ1v) is 13.5. The molecule has 9 heteroatoms. The van der Waals surface area contributed by atoms with Crippen molar-refractivity contribution in [2.75, 3.05) is 11.9 Å². The Labute approximate surface area is 240 Å². The van der Waals surface area contributed by atoms with Crippen molar-refractivity contribution in [1.29, 1.82) is 0 Å². The third kappa shape index (κ3) is 6.69. The predicted molar refractivity (Wildman–Crippen MR) is 155 cm³/mol. The summed E-state index contributed by atoms with van der Waals surface area (Å²) in [5.74, 6) is -0.0388. The number of alkyl halides is 3.